The third-order valence-electron chi connectivity index (χ3n) is 5.12. The minimum Gasteiger partial charge on any atom is -0.336 e. The van der Waals surface area contributed by atoms with E-state index in [2.05, 4.69) is 0 Å². The highest BCUT2D eigenvalue weighted by Crippen LogP contribution is 2.48. The van der Waals surface area contributed by atoms with Crippen LogP contribution >= 0.6 is 0 Å². The molecule has 28 heavy (non-hydrogen) atoms. The third-order valence-corrected chi connectivity index (χ3v) is 6.99. The van der Waals surface area contributed by atoms with Crippen LogP contribution in [0.3, 0.4) is 0 Å². The second-order valence-corrected chi connectivity index (χ2v) is 9.72. The average Bonchev–Trinajstić information content (AvgIpc) is 3.39. The number of sulfonamides is 1. The molecule has 1 heterocycles. The third kappa shape index (κ3) is 3.71. The molecule has 0 bridgehead atoms. The monoisotopic (exact) mass is 400 g/mol. The number of carbonyl (C=O) groups excluding carboxylic acids is 1. The highest BCUT2D eigenvalue weighted by molar-refractivity contribution is 7.89. The minimum atomic E-state index is -3.77. The lowest BCUT2D eigenvalue weighted by atomic mass is 10.1. The van der Waals surface area contributed by atoms with E-state index in [1.54, 1.807) is 29.2 Å². The molecule has 0 spiro atoms. The van der Waals surface area contributed by atoms with Crippen molar-refractivity contribution in [2.24, 2.45) is 0 Å². The Hall–Kier alpha value is -2.18. The van der Waals surface area contributed by atoms with Crippen LogP contribution in [0.15, 0.2) is 59.5 Å². The maximum Gasteiger partial charge on any atom is 0.244 e. The van der Waals surface area contributed by atoms with E-state index in [1.165, 1.54) is 4.31 Å². The van der Waals surface area contributed by atoms with E-state index in [9.17, 15) is 13.2 Å². The number of hydrogen-bond acceptors (Lipinski definition) is 3. The van der Waals surface area contributed by atoms with Crippen LogP contribution in [-0.2, 0) is 14.8 Å². The molecule has 3 atom stereocenters. The predicted octanol–water partition coefficient (Wildman–Crippen LogP) is 3.75. The second kappa shape index (κ2) is 7.68. The summed E-state index contributed by atoms with van der Waals surface area (Å²) in [5.74, 6) is -0.144. The molecule has 1 saturated heterocycles. The van der Waals surface area contributed by atoms with Gasteiger partial charge in [0.15, 0.2) is 0 Å². The maximum atomic E-state index is 13.3. The first-order chi connectivity index (χ1) is 13.2. The SMILES string of the molecule is Cc1ccc(S(=O)(=O)N2[C@H](C(=O)N(C(C)C)C(C)C)[C@@H]2c2ccccc2)cc1. The molecular formula is C22H28N2O3S. The molecule has 3 rings (SSSR count). The van der Waals surface area contributed by atoms with Crippen LogP contribution in [0.4, 0.5) is 0 Å². The van der Waals surface area contributed by atoms with Crippen LogP contribution in [0.25, 0.3) is 0 Å². The molecule has 1 amide bonds. The van der Waals surface area contributed by atoms with Gasteiger partial charge in [0.2, 0.25) is 15.9 Å². The van der Waals surface area contributed by atoms with Gasteiger partial charge in [0.05, 0.1) is 10.9 Å². The summed E-state index contributed by atoms with van der Waals surface area (Å²) >= 11 is 0. The van der Waals surface area contributed by atoms with Crippen molar-refractivity contribution in [1.29, 1.82) is 0 Å². The first-order valence-corrected chi connectivity index (χ1v) is 11.1. The largest absolute Gasteiger partial charge is 0.336 e. The molecule has 0 saturated carbocycles. The van der Waals surface area contributed by atoms with Gasteiger partial charge in [-0.3, -0.25) is 4.79 Å². The number of nitrogens with zero attached hydrogens (tertiary/aromatic N) is 2. The van der Waals surface area contributed by atoms with Crippen molar-refractivity contribution in [2.45, 2.75) is 63.7 Å². The molecule has 1 aliphatic heterocycles. The molecule has 2 aromatic rings. The van der Waals surface area contributed by atoms with Crippen molar-refractivity contribution >= 4 is 15.9 Å². The molecule has 1 aliphatic rings. The van der Waals surface area contributed by atoms with Crippen molar-refractivity contribution < 1.29 is 13.2 Å². The fraction of sp³-hybridized carbons (Fsp3) is 0.409. The van der Waals surface area contributed by atoms with E-state index < -0.39 is 22.1 Å². The van der Waals surface area contributed by atoms with Crippen LogP contribution in [-0.4, -0.2) is 41.7 Å². The molecule has 0 aromatic heterocycles. The zero-order valence-electron chi connectivity index (χ0n) is 17.0. The Labute approximate surface area is 168 Å². The van der Waals surface area contributed by atoms with Gasteiger partial charge in [-0.2, -0.15) is 4.31 Å². The molecule has 0 N–H and O–H groups in total. The van der Waals surface area contributed by atoms with Crippen LogP contribution < -0.4 is 0 Å². The van der Waals surface area contributed by atoms with Gasteiger partial charge in [-0.1, -0.05) is 48.0 Å². The zero-order chi connectivity index (χ0) is 20.6. The lowest BCUT2D eigenvalue weighted by molar-refractivity contribution is -0.134. The molecule has 1 unspecified atom stereocenters. The first-order valence-electron chi connectivity index (χ1n) is 9.63. The summed E-state index contributed by atoms with van der Waals surface area (Å²) in [5, 5.41) is 0. The van der Waals surface area contributed by atoms with E-state index in [-0.39, 0.29) is 22.9 Å². The quantitative estimate of drug-likeness (QED) is 0.694. The van der Waals surface area contributed by atoms with Crippen LogP contribution in [0.5, 0.6) is 0 Å². The zero-order valence-corrected chi connectivity index (χ0v) is 17.8. The smallest absolute Gasteiger partial charge is 0.244 e. The first kappa shape index (κ1) is 20.6. The lowest BCUT2D eigenvalue weighted by Gasteiger charge is -2.30. The second-order valence-electron chi connectivity index (χ2n) is 7.88. The summed E-state index contributed by atoms with van der Waals surface area (Å²) in [5.41, 5.74) is 1.83. The number of benzene rings is 2. The Morgan fingerprint density at radius 3 is 1.96 bits per heavy atom. The van der Waals surface area contributed by atoms with Gasteiger partial charge < -0.3 is 4.90 Å². The fourth-order valence-corrected chi connectivity index (χ4v) is 5.53. The molecule has 5 nitrogen and oxygen atoms in total. The van der Waals surface area contributed by atoms with Gasteiger partial charge in [0, 0.05) is 12.1 Å². The number of rotatable bonds is 6. The van der Waals surface area contributed by atoms with Crippen LogP contribution in [0, 0.1) is 6.92 Å². The van der Waals surface area contributed by atoms with Crippen molar-refractivity contribution in [3.63, 3.8) is 0 Å². The van der Waals surface area contributed by atoms with Crippen LogP contribution in [0.2, 0.25) is 0 Å². The Morgan fingerprint density at radius 1 is 0.929 bits per heavy atom. The van der Waals surface area contributed by atoms with E-state index >= 15 is 0 Å². The normalized spacial score (nSPS) is 21.8. The summed E-state index contributed by atoms with van der Waals surface area (Å²) in [6, 6.07) is 15.0. The van der Waals surface area contributed by atoms with E-state index in [1.807, 2.05) is 65.0 Å². The Balaban J connectivity index is 2.02. The average molecular weight is 401 g/mol. The fourth-order valence-electron chi connectivity index (χ4n) is 3.82. The van der Waals surface area contributed by atoms with Gasteiger partial charge in [-0.05, 0) is 52.3 Å². The molecule has 6 heteroatoms. The van der Waals surface area contributed by atoms with Crippen molar-refractivity contribution in [3.05, 3.63) is 65.7 Å². The minimum absolute atomic E-state index is 0.00606. The van der Waals surface area contributed by atoms with Gasteiger partial charge in [0.25, 0.3) is 0 Å². The molecule has 0 radical (unpaired) electrons. The number of carbonyl (C=O) groups is 1. The van der Waals surface area contributed by atoms with Crippen LogP contribution in [0.1, 0.15) is 44.9 Å². The Kier molecular flexibility index (Phi) is 5.64. The topological polar surface area (TPSA) is 57.5 Å². The highest BCUT2D eigenvalue weighted by Gasteiger charge is 2.61. The molecule has 0 aliphatic carbocycles. The van der Waals surface area contributed by atoms with Gasteiger partial charge >= 0.3 is 0 Å². The summed E-state index contributed by atoms with van der Waals surface area (Å²) in [6.45, 7) is 9.73. The van der Waals surface area contributed by atoms with E-state index in [0.717, 1.165) is 11.1 Å². The predicted molar refractivity (Wildman–Crippen MR) is 110 cm³/mol. The summed E-state index contributed by atoms with van der Waals surface area (Å²) < 4.78 is 28.0. The number of aryl methyl sites for hydroxylation is 1. The Morgan fingerprint density at radius 2 is 1.46 bits per heavy atom. The summed E-state index contributed by atoms with van der Waals surface area (Å²) in [4.78, 5) is 15.3. The molecule has 150 valence electrons. The van der Waals surface area contributed by atoms with Crippen molar-refractivity contribution in [2.75, 3.05) is 0 Å². The van der Waals surface area contributed by atoms with Gasteiger partial charge in [0.1, 0.15) is 6.04 Å². The number of amides is 1. The van der Waals surface area contributed by atoms with Gasteiger partial charge in [-0.15, -0.1) is 0 Å². The van der Waals surface area contributed by atoms with Crippen molar-refractivity contribution in [1.82, 2.24) is 9.21 Å². The standard InChI is InChI=1S/C22H28N2O3S/c1-15(2)23(16(3)4)22(25)21-20(18-9-7-6-8-10-18)24(21)28(26,27)19-13-11-17(5)12-14-19/h6-16,20-21H,1-5H3/t20-,21-,24?/m0/s1. The Bertz CT molecular complexity index is 930. The molecular weight excluding hydrogens is 372 g/mol. The highest BCUT2D eigenvalue weighted by atomic mass is 32.2. The van der Waals surface area contributed by atoms with E-state index in [4.69, 9.17) is 0 Å². The summed E-state index contributed by atoms with van der Waals surface area (Å²) in [6.07, 6.45) is 0. The molecule has 1 fully saturated rings. The van der Waals surface area contributed by atoms with Crippen molar-refractivity contribution in [3.8, 4) is 0 Å². The lowest BCUT2D eigenvalue weighted by Crippen LogP contribution is -2.45. The molecule has 2 aromatic carbocycles. The maximum absolute atomic E-state index is 13.3. The number of hydrogen-bond donors (Lipinski definition) is 0. The summed E-state index contributed by atoms with van der Waals surface area (Å²) in [7, 11) is -3.77. The van der Waals surface area contributed by atoms with Gasteiger partial charge in [-0.25, -0.2) is 8.42 Å². The van der Waals surface area contributed by atoms with E-state index in [0.29, 0.717) is 0 Å².